The quantitative estimate of drug-likeness (QED) is 0.731. The van der Waals surface area contributed by atoms with Crippen molar-refractivity contribution in [2.45, 2.75) is 13.3 Å². The molecule has 0 aliphatic heterocycles. The van der Waals surface area contributed by atoms with Gasteiger partial charge in [0.05, 0.1) is 10.2 Å². The highest BCUT2D eigenvalue weighted by Gasteiger charge is 2.06. The summed E-state index contributed by atoms with van der Waals surface area (Å²) in [7, 11) is 0. The van der Waals surface area contributed by atoms with Gasteiger partial charge >= 0.3 is 0 Å². The molecule has 0 atom stereocenters. The van der Waals surface area contributed by atoms with Crippen LogP contribution in [0.1, 0.15) is 12.5 Å². The molecule has 0 fully saturated rings. The van der Waals surface area contributed by atoms with E-state index in [2.05, 4.69) is 4.98 Å². The lowest BCUT2D eigenvalue weighted by atomic mass is 10.1. The molecule has 0 bridgehead atoms. The molecule has 0 amide bonds. The van der Waals surface area contributed by atoms with Crippen LogP contribution in [0.4, 0.5) is 5.13 Å². The van der Waals surface area contributed by atoms with E-state index in [-0.39, 0.29) is 5.75 Å². The normalized spacial score (nSPS) is 10.8. The van der Waals surface area contributed by atoms with Crippen molar-refractivity contribution in [1.82, 2.24) is 4.98 Å². The lowest BCUT2D eigenvalue weighted by molar-refractivity contribution is 0.475. The Morgan fingerprint density at radius 1 is 1.54 bits per heavy atom. The third kappa shape index (κ3) is 1.33. The molecule has 3 nitrogen and oxygen atoms in total. The summed E-state index contributed by atoms with van der Waals surface area (Å²) in [6.45, 7) is 2.03. The van der Waals surface area contributed by atoms with Crippen molar-refractivity contribution >= 4 is 26.7 Å². The van der Waals surface area contributed by atoms with Gasteiger partial charge in [-0.2, -0.15) is 0 Å². The number of nitrogens with zero attached hydrogens (tertiary/aromatic N) is 1. The molecule has 3 N–H and O–H groups in total. The standard InChI is InChI=1S/C9H10N2OS/c1-2-5-3-6(12)4-7-8(5)11-9(10)13-7/h3-4,12H,2H2,1H3,(H2,10,11). The first-order valence-electron chi connectivity index (χ1n) is 4.08. The SMILES string of the molecule is CCc1cc(O)cc2sc(N)nc12. The van der Waals surface area contributed by atoms with Crippen molar-refractivity contribution < 1.29 is 5.11 Å². The summed E-state index contributed by atoms with van der Waals surface area (Å²) in [5.41, 5.74) is 7.55. The first kappa shape index (κ1) is 8.31. The molecule has 68 valence electrons. The number of phenols is 1. The van der Waals surface area contributed by atoms with Gasteiger partial charge in [0.15, 0.2) is 5.13 Å². The monoisotopic (exact) mass is 194 g/mol. The number of nitrogens with two attached hydrogens (primary N) is 1. The zero-order chi connectivity index (χ0) is 9.42. The number of rotatable bonds is 1. The fraction of sp³-hybridized carbons (Fsp3) is 0.222. The van der Waals surface area contributed by atoms with Gasteiger partial charge in [0, 0.05) is 0 Å². The molecule has 4 heteroatoms. The van der Waals surface area contributed by atoms with Gasteiger partial charge in [-0.1, -0.05) is 18.3 Å². The lowest BCUT2D eigenvalue weighted by Gasteiger charge is -1.98. The summed E-state index contributed by atoms with van der Waals surface area (Å²) in [5.74, 6) is 0.285. The number of thiazole rings is 1. The van der Waals surface area contributed by atoms with Crippen LogP contribution in [-0.4, -0.2) is 10.1 Å². The van der Waals surface area contributed by atoms with Gasteiger partial charge in [-0.3, -0.25) is 0 Å². The van der Waals surface area contributed by atoms with E-state index < -0.39 is 0 Å². The summed E-state index contributed by atoms with van der Waals surface area (Å²) < 4.78 is 0.953. The number of anilines is 1. The Bertz CT molecular complexity index is 450. The van der Waals surface area contributed by atoms with E-state index in [9.17, 15) is 5.11 Å². The Morgan fingerprint density at radius 2 is 2.31 bits per heavy atom. The number of phenolic OH excluding ortho intramolecular Hbond substituents is 1. The topological polar surface area (TPSA) is 59.1 Å². The minimum Gasteiger partial charge on any atom is -0.508 e. The van der Waals surface area contributed by atoms with Gasteiger partial charge in [-0.25, -0.2) is 4.98 Å². The average Bonchev–Trinajstić information content (AvgIpc) is 2.43. The molecule has 0 aliphatic carbocycles. The maximum absolute atomic E-state index is 9.39. The molecular formula is C9H10N2OS. The molecule has 1 heterocycles. The Labute approximate surface area is 79.8 Å². The van der Waals surface area contributed by atoms with Gasteiger partial charge in [0.25, 0.3) is 0 Å². The van der Waals surface area contributed by atoms with Crippen LogP contribution in [0.15, 0.2) is 12.1 Å². The number of fused-ring (bicyclic) bond motifs is 1. The zero-order valence-electron chi connectivity index (χ0n) is 7.24. The maximum Gasteiger partial charge on any atom is 0.181 e. The van der Waals surface area contributed by atoms with Gasteiger partial charge in [-0.15, -0.1) is 0 Å². The average molecular weight is 194 g/mol. The van der Waals surface area contributed by atoms with Gasteiger partial charge < -0.3 is 10.8 Å². The van der Waals surface area contributed by atoms with Crippen molar-refractivity contribution in [2.75, 3.05) is 5.73 Å². The summed E-state index contributed by atoms with van der Waals surface area (Å²) in [6.07, 6.45) is 0.855. The summed E-state index contributed by atoms with van der Waals surface area (Å²) in [5, 5.41) is 9.94. The van der Waals surface area contributed by atoms with Crippen molar-refractivity contribution in [3.05, 3.63) is 17.7 Å². The number of aryl methyl sites for hydroxylation is 1. The Kier molecular flexibility index (Phi) is 1.84. The molecule has 2 aromatic rings. The number of aromatic hydroxyl groups is 1. The van der Waals surface area contributed by atoms with E-state index in [0.29, 0.717) is 5.13 Å². The van der Waals surface area contributed by atoms with Gasteiger partial charge in [0.2, 0.25) is 0 Å². The molecule has 0 radical (unpaired) electrons. The largest absolute Gasteiger partial charge is 0.508 e. The lowest BCUT2D eigenvalue weighted by Crippen LogP contribution is -1.84. The molecule has 0 spiro atoms. The van der Waals surface area contributed by atoms with E-state index >= 15 is 0 Å². The molecule has 0 unspecified atom stereocenters. The number of aromatic nitrogens is 1. The van der Waals surface area contributed by atoms with E-state index in [4.69, 9.17) is 5.73 Å². The highest BCUT2D eigenvalue weighted by Crippen LogP contribution is 2.30. The second kappa shape index (κ2) is 2.88. The molecule has 1 aromatic heterocycles. The van der Waals surface area contributed by atoms with Crippen LogP contribution in [0.5, 0.6) is 5.75 Å². The summed E-state index contributed by atoms with van der Waals surface area (Å²) in [4.78, 5) is 4.21. The summed E-state index contributed by atoms with van der Waals surface area (Å²) >= 11 is 1.40. The van der Waals surface area contributed by atoms with Gasteiger partial charge in [-0.05, 0) is 24.1 Å². The first-order chi connectivity index (χ1) is 6.20. The Balaban J connectivity index is 2.80. The predicted molar refractivity (Wildman–Crippen MR) is 55.1 cm³/mol. The van der Waals surface area contributed by atoms with Crippen LogP contribution < -0.4 is 5.73 Å². The van der Waals surface area contributed by atoms with Crippen LogP contribution in [-0.2, 0) is 6.42 Å². The fourth-order valence-electron chi connectivity index (χ4n) is 1.37. The fourth-order valence-corrected chi connectivity index (χ4v) is 2.18. The van der Waals surface area contributed by atoms with E-state index in [1.807, 2.05) is 6.92 Å². The van der Waals surface area contributed by atoms with Crippen LogP contribution in [0, 0.1) is 0 Å². The van der Waals surface area contributed by atoms with Crippen LogP contribution in [0.25, 0.3) is 10.2 Å². The van der Waals surface area contributed by atoms with Crippen molar-refractivity contribution in [3.8, 4) is 5.75 Å². The summed E-state index contributed by atoms with van der Waals surface area (Å²) in [6, 6.07) is 3.43. The van der Waals surface area contributed by atoms with Crippen molar-refractivity contribution in [3.63, 3.8) is 0 Å². The van der Waals surface area contributed by atoms with Crippen LogP contribution in [0.2, 0.25) is 0 Å². The number of hydrogen-bond acceptors (Lipinski definition) is 4. The first-order valence-corrected chi connectivity index (χ1v) is 4.90. The maximum atomic E-state index is 9.39. The van der Waals surface area contributed by atoms with E-state index in [1.165, 1.54) is 11.3 Å². The highest BCUT2D eigenvalue weighted by atomic mass is 32.1. The second-order valence-corrected chi connectivity index (χ2v) is 3.92. The Hall–Kier alpha value is -1.29. The molecule has 1 aromatic carbocycles. The number of nitrogen functional groups attached to an aromatic ring is 1. The van der Waals surface area contributed by atoms with E-state index in [1.54, 1.807) is 12.1 Å². The minimum atomic E-state index is 0.285. The molecule has 0 saturated carbocycles. The smallest absolute Gasteiger partial charge is 0.181 e. The van der Waals surface area contributed by atoms with Crippen molar-refractivity contribution in [2.24, 2.45) is 0 Å². The third-order valence-electron chi connectivity index (χ3n) is 1.96. The minimum absolute atomic E-state index is 0.285. The number of hydrogen-bond donors (Lipinski definition) is 2. The molecule has 0 aliphatic rings. The highest BCUT2D eigenvalue weighted by molar-refractivity contribution is 7.22. The van der Waals surface area contributed by atoms with Crippen molar-refractivity contribution in [1.29, 1.82) is 0 Å². The van der Waals surface area contributed by atoms with Crippen LogP contribution >= 0.6 is 11.3 Å². The van der Waals surface area contributed by atoms with E-state index in [0.717, 1.165) is 22.2 Å². The number of benzene rings is 1. The second-order valence-electron chi connectivity index (χ2n) is 2.86. The van der Waals surface area contributed by atoms with Crippen LogP contribution in [0.3, 0.4) is 0 Å². The third-order valence-corrected chi connectivity index (χ3v) is 2.79. The Morgan fingerprint density at radius 3 is 3.00 bits per heavy atom. The van der Waals surface area contributed by atoms with Gasteiger partial charge in [0.1, 0.15) is 5.75 Å². The molecular weight excluding hydrogens is 184 g/mol. The predicted octanol–water partition coefficient (Wildman–Crippen LogP) is 2.15. The molecule has 2 rings (SSSR count). The molecule has 13 heavy (non-hydrogen) atoms. The zero-order valence-corrected chi connectivity index (χ0v) is 8.06. The molecule has 0 saturated heterocycles.